The molecular weight excluding hydrogens is 290 g/mol. The summed E-state index contributed by atoms with van der Waals surface area (Å²) in [6.45, 7) is 1.97. The molecule has 0 saturated heterocycles. The number of pyridine rings is 1. The molecule has 1 aliphatic carbocycles. The van der Waals surface area contributed by atoms with Crippen LogP contribution in [0, 0.1) is 12.8 Å². The fourth-order valence-corrected chi connectivity index (χ4v) is 2.73. The highest BCUT2D eigenvalue weighted by Crippen LogP contribution is 2.30. The van der Waals surface area contributed by atoms with Crippen LogP contribution in [0.25, 0.3) is 22.7 Å². The molecule has 0 atom stereocenters. The highest BCUT2D eigenvalue weighted by Gasteiger charge is 2.25. The Bertz CT molecular complexity index is 848. The van der Waals surface area contributed by atoms with Crippen molar-refractivity contribution >= 4 is 22.8 Å². The molecule has 1 fully saturated rings. The molecule has 23 heavy (non-hydrogen) atoms. The number of nitrogens with zero attached hydrogens (tertiary/aromatic N) is 2. The first-order valence-corrected chi connectivity index (χ1v) is 7.84. The lowest BCUT2D eigenvalue weighted by Gasteiger charge is -2.24. The summed E-state index contributed by atoms with van der Waals surface area (Å²) in [6, 6.07) is 9.46. The zero-order chi connectivity index (χ0) is 15.8. The Morgan fingerprint density at radius 3 is 2.87 bits per heavy atom. The second-order valence-electron chi connectivity index (χ2n) is 5.99. The van der Waals surface area contributed by atoms with Crippen molar-refractivity contribution in [1.82, 2.24) is 9.97 Å². The number of carbonyl (C=O) groups is 1. The number of anilines is 1. The zero-order valence-corrected chi connectivity index (χ0v) is 12.9. The topological polar surface area (TPSA) is 68.0 Å². The van der Waals surface area contributed by atoms with Crippen LogP contribution in [0.4, 0.5) is 5.69 Å². The van der Waals surface area contributed by atoms with Gasteiger partial charge in [0.1, 0.15) is 0 Å². The van der Waals surface area contributed by atoms with E-state index in [1.807, 2.05) is 37.3 Å². The number of rotatable bonds is 3. The molecule has 0 aliphatic heterocycles. The lowest BCUT2D eigenvalue weighted by atomic mass is 9.85. The van der Waals surface area contributed by atoms with E-state index in [0.717, 1.165) is 36.1 Å². The SMILES string of the molecule is Cc1cc(-c2nc3ncccc3o2)ccc1NC(=O)C1CCC1. The molecule has 0 unspecified atom stereocenters. The molecule has 116 valence electrons. The lowest BCUT2D eigenvalue weighted by molar-refractivity contribution is -0.122. The summed E-state index contributed by atoms with van der Waals surface area (Å²) in [6.07, 6.45) is 4.85. The lowest BCUT2D eigenvalue weighted by Crippen LogP contribution is -2.28. The second-order valence-corrected chi connectivity index (χ2v) is 5.99. The highest BCUT2D eigenvalue weighted by molar-refractivity contribution is 5.94. The van der Waals surface area contributed by atoms with Gasteiger partial charge in [0.15, 0.2) is 11.2 Å². The molecule has 1 N–H and O–H groups in total. The minimum Gasteiger partial charge on any atom is -0.434 e. The molecule has 1 aromatic carbocycles. The molecule has 1 amide bonds. The molecule has 5 nitrogen and oxygen atoms in total. The van der Waals surface area contributed by atoms with Crippen LogP contribution in [0.3, 0.4) is 0 Å². The molecule has 2 aromatic heterocycles. The van der Waals surface area contributed by atoms with Crippen LogP contribution in [0.5, 0.6) is 0 Å². The fraction of sp³-hybridized carbons (Fsp3) is 0.278. The van der Waals surface area contributed by atoms with Gasteiger partial charge in [0.05, 0.1) is 0 Å². The van der Waals surface area contributed by atoms with Crippen molar-refractivity contribution in [2.75, 3.05) is 5.32 Å². The minimum absolute atomic E-state index is 0.123. The van der Waals surface area contributed by atoms with Crippen molar-refractivity contribution in [2.45, 2.75) is 26.2 Å². The van der Waals surface area contributed by atoms with Crippen LogP contribution in [0.1, 0.15) is 24.8 Å². The predicted octanol–water partition coefficient (Wildman–Crippen LogP) is 3.94. The number of benzene rings is 1. The molecule has 2 heterocycles. The first kappa shape index (κ1) is 13.9. The third-order valence-electron chi connectivity index (χ3n) is 4.37. The zero-order valence-electron chi connectivity index (χ0n) is 12.9. The summed E-state index contributed by atoms with van der Waals surface area (Å²) >= 11 is 0. The molecule has 1 saturated carbocycles. The van der Waals surface area contributed by atoms with Crippen LogP contribution >= 0.6 is 0 Å². The number of amides is 1. The summed E-state index contributed by atoms with van der Waals surface area (Å²) in [7, 11) is 0. The standard InChI is InChI=1S/C18H17N3O2/c1-11-10-13(18-21-16-15(23-18)6-3-9-19-16)7-8-14(11)20-17(22)12-4-2-5-12/h3,6-10,12H,2,4-5H2,1H3,(H,20,22). The van der Waals surface area contributed by atoms with E-state index in [0.29, 0.717) is 17.1 Å². The Morgan fingerprint density at radius 2 is 2.17 bits per heavy atom. The third kappa shape index (κ3) is 2.59. The van der Waals surface area contributed by atoms with Gasteiger partial charge in [-0.3, -0.25) is 4.79 Å². The van der Waals surface area contributed by atoms with Gasteiger partial charge in [0, 0.05) is 23.4 Å². The monoisotopic (exact) mass is 307 g/mol. The van der Waals surface area contributed by atoms with Gasteiger partial charge >= 0.3 is 0 Å². The quantitative estimate of drug-likeness (QED) is 0.796. The number of carbonyl (C=O) groups excluding carboxylic acids is 1. The van der Waals surface area contributed by atoms with Crippen molar-refractivity contribution in [2.24, 2.45) is 5.92 Å². The summed E-state index contributed by atoms with van der Waals surface area (Å²) in [4.78, 5) is 20.6. The van der Waals surface area contributed by atoms with Crippen LogP contribution in [-0.2, 0) is 4.79 Å². The van der Waals surface area contributed by atoms with Crippen molar-refractivity contribution in [3.8, 4) is 11.5 Å². The van der Waals surface area contributed by atoms with E-state index in [1.54, 1.807) is 6.20 Å². The van der Waals surface area contributed by atoms with Gasteiger partial charge < -0.3 is 9.73 Å². The van der Waals surface area contributed by atoms with Crippen LogP contribution in [0.2, 0.25) is 0 Å². The Morgan fingerprint density at radius 1 is 1.30 bits per heavy atom. The average Bonchev–Trinajstić information content (AvgIpc) is 2.91. The highest BCUT2D eigenvalue weighted by atomic mass is 16.3. The average molecular weight is 307 g/mol. The van der Waals surface area contributed by atoms with Crippen LogP contribution in [0.15, 0.2) is 40.9 Å². The van der Waals surface area contributed by atoms with Gasteiger partial charge in [0.2, 0.25) is 11.8 Å². The number of oxazole rings is 1. The maximum Gasteiger partial charge on any atom is 0.228 e. The van der Waals surface area contributed by atoms with Crippen molar-refractivity contribution in [3.05, 3.63) is 42.1 Å². The molecule has 5 heteroatoms. The van der Waals surface area contributed by atoms with Gasteiger partial charge in [-0.15, -0.1) is 0 Å². The predicted molar refractivity (Wildman–Crippen MR) is 87.9 cm³/mol. The normalized spacial score (nSPS) is 14.7. The largest absolute Gasteiger partial charge is 0.434 e. The van der Waals surface area contributed by atoms with Crippen molar-refractivity contribution in [3.63, 3.8) is 0 Å². The smallest absolute Gasteiger partial charge is 0.228 e. The van der Waals surface area contributed by atoms with Crippen LogP contribution in [-0.4, -0.2) is 15.9 Å². The summed E-state index contributed by atoms with van der Waals surface area (Å²) in [5, 5.41) is 3.02. The molecule has 1 aliphatic rings. The molecule has 0 bridgehead atoms. The van der Waals surface area contributed by atoms with Gasteiger partial charge in [-0.25, -0.2) is 4.98 Å². The maximum atomic E-state index is 12.1. The van der Waals surface area contributed by atoms with E-state index in [1.165, 1.54) is 0 Å². The Labute approximate surface area is 133 Å². The number of aromatic nitrogens is 2. The Hall–Kier alpha value is -2.69. The van der Waals surface area contributed by atoms with E-state index in [2.05, 4.69) is 15.3 Å². The molecule has 3 aromatic rings. The third-order valence-corrected chi connectivity index (χ3v) is 4.37. The van der Waals surface area contributed by atoms with E-state index in [4.69, 9.17) is 4.42 Å². The van der Waals surface area contributed by atoms with Gasteiger partial charge in [-0.05, 0) is 55.7 Å². The summed E-state index contributed by atoms with van der Waals surface area (Å²) in [5.74, 6) is 0.842. The number of aryl methyl sites for hydroxylation is 1. The number of hydrogen-bond donors (Lipinski definition) is 1. The molecule has 4 rings (SSSR count). The second kappa shape index (κ2) is 5.50. The fourth-order valence-electron chi connectivity index (χ4n) is 2.73. The van der Waals surface area contributed by atoms with E-state index in [-0.39, 0.29) is 11.8 Å². The number of hydrogen-bond acceptors (Lipinski definition) is 4. The Kier molecular flexibility index (Phi) is 3.33. The summed E-state index contributed by atoms with van der Waals surface area (Å²) < 4.78 is 5.73. The van der Waals surface area contributed by atoms with E-state index < -0.39 is 0 Å². The van der Waals surface area contributed by atoms with E-state index >= 15 is 0 Å². The summed E-state index contributed by atoms with van der Waals surface area (Å²) in [5.41, 5.74) is 3.98. The van der Waals surface area contributed by atoms with Gasteiger partial charge in [-0.1, -0.05) is 6.42 Å². The van der Waals surface area contributed by atoms with Crippen molar-refractivity contribution in [1.29, 1.82) is 0 Å². The van der Waals surface area contributed by atoms with Crippen molar-refractivity contribution < 1.29 is 9.21 Å². The van der Waals surface area contributed by atoms with Gasteiger partial charge in [0.25, 0.3) is 0 Å². The number of nitrogens with one attached hydrogen (secondary N) is 1. The van der Waals surface area contributed by atoms with Crippen LogP contribution < -0.4 is 5.32 Å². The van der Waals surface area contributed by atoms with E-state index in [9.17, 15) is 4.79 Å². The maximum absolute atomic E-state index is 12.1. The number of fused-ring (bicyclic) bond motifs is 1. The first-order valence-electron chi connectivity index (χ1n) is 7.84. The Balaban J connectivity index is 1.60. The molecule has 0 spiro atoms. The molecule has 0 radical (unpaired) electrons. The minimum atomic E-state index is 0.123. The first-order chi connectivity index (χ1) is 11.2. The molecular formula is C18H17N3O2. The van der Waals surface area contributed by atoms with Gasteiger partial charge in [-0.2, -0.15) is 4.98 Å².